The minimum absolute atomic E-state index is 0.527. The van der Waals surface area contributed by atoms with E-state index in [1.165, 1.54) is 0 Å². The molecule has 0 bridgehead atoms. The fourth-order valence-electron chi connectivity index (χ4n) is 3.64. The first-order valence-electron chi connectivity index (χ1n) is 10.2. The smallest absolute Gasteiger partial charge is 0.309 e. The van der Waals surface area contributed by atoms with Crippen LogP contribution in [0.1, 0.15) is 92.9 Å². The summed E-state index contributed by atoms with van der Waals surface area (Å²) in [6.07, 6.45) is 5.42. The van der Waals surface area contributed by atoms with Gasteiger partial charge in [0.05, 0.1) is 23.3 Å². The molecule has 4 N–H and O–H groups in total. The molecule has 0 fully saturated rings. The average molecular weight is 373 g/mol. The van der Waals surface area contributed by atoms with E-state index in [2.05, 4.69) is 10.6 Å². The highest BCUT2D eigenvalue weighted by Crippen LogP contribution is 2.25. The van der Waals surface area contributed by atoms with E-state index in [1.807, 2.05) is 27.7 Å². The molecule has 26 heavy (non-hydrogen) atoms. The fourth-order valence-corrected chi connectivity index (χ4v) is 3.64. The van der Waals surface area contributed by atoms with Crippen molar-refractivity contribution in [2.24, 2.45) is 0 Å². The largest absolute Gasteiger partial charge is 0.388 e. The van der Waals surface area contributed by atoms with E-state index in [4.69, 9.17) is 0 Å². The second-order valence-corrected chi connectivity index (χ2v) is 7.60. The number of amides is 2. The van der Waals surface area contributed by atoms with Gasteiger partial charge in [0, 0.05) is 0 Å². The quantitative estimate of drug-likeness (QED) is 0.396. The Bertz CT molecular complexity index is 388. The van der Waals surface area contributed by atoms with Crippen molar-refractivity contribution in [3.05, 3.63) is 0 Å². The van der Waals surface area contributed by atoms with Gasteiger partial charge in [-0.05, 0) is 39.5 Å². The molecule has 154 valence electrons. The standard InChI is InChI=1S/C20H40N2O4/c1-7-11-19(25,12-8-2)15(5)21-17(23)18(24)22-16(6)20(26,13-9-3)14-10-4/h15-16,25-26H,7-14H2,1-6H3,(H,21,23)(H,22,24)/t15-,16-/m1/s1. The molecular formula is C20H40N2O4. The number of carbonyl (C=O) groups is 2. The third-order valence-electron chi connectivity index (χ3n) is 5.25. The third kappa shape index (κ3) is 7.23. The van der Waals surface area contributed by atoms with Gasteiger partial charge in [0.15, 0.2) is 0 Å². The molecule has 6 heteroatoms. The summed E-state index contributed by atoms with van der Waals surface area (Å²) >= 11 is 0. The maximum atomic E-state index is 12.3. The van der Waals surface area contributed by atoms with Crippen LogP contribution in [0.25, 0.3) is 0 Å². The maximum absolute atomic E-state index is 12.3. The number of nitrogens with one attached hydrogen (secondary N) is 2. The van der Waals surface area contributed by atoms with Crippen molar-refractivity contribution >= 4 is 11.8 Å². The molecule has 0 aliphatic carbocycles. The molecule has 0 aromatic heterocycles. The Morgan fingerprint density at radius 1 is 0.692 bits per heavy atom. The summed E-state index contributed by atoms with van der Waals surface area (Å²) in [6, 6.07) is -1.05. The Morgan fingerprint density at radius 3 is 1.12 bits per heavy atom. The third-order valence-corrected chi connectivity index (χ3v) is 5.25. The van der Waals surface area contributed by atoms with Crippen molar-refractivity contribution in [1.82, 2.24) is 10.6 Å². The lowest BCUT2D eigenvalue weighted by Crippen LogP contribution is -2.57. The molecule has 0 aromatic rings. The number of carbonyl (C=O) groups excluding carboxylic acids is 2. The number of rotatable bonds is 12. The molecule has 2 amide bonds. The lowest BCUT2D eigenvalue weighted by Gasteiger charge is -2.36. The maximum Gasteiger partial charge on any atom is 0.309 e. The summed E-state index contributed by atoms with van der Waals surface area (Å²) in [4.78, 5) is 24.5. The van der Waals surface area contributed by atoms with Crippen LogP contribution in [-0.4, -0.2) is 45.3 Å². The molecular weight excluding hydrogens is 332 g/mol. The Morgan fingerprint density at radius 2 is 0.923 bits per heavy atom. The van der Waals surface area contributed by atoms with Crippen molar-refractivity contribution in [1.29, 1.82) is 0 Å². The highest BCUT2D eigenvalue weighted by molar-refractivity contribution is 6.35. The predicted octanol–water partition coefficient (Wildman–Crippen LogP) is 2.66. The first-order chi connectivity index (χ1) is 12.1. The normalized spacial score (nSPS) is 14.6. The first kappa shape index (κ1) is 24.9. The summed E-state index contributed by atoms with van der Waals surface area (Å²) < 4.78 is 0. The van der Waals surface area contributed by atoms with Gasteiger partial charge >= 0.3 is 11.8 Å². The fraction of sp³-hybridized carbons (Fsp3) is 0.900. The van der Waals surface area contributed by atoms with Crippen LogP contribution < -0.4 is 10.6 Å². The SMILES string of the molecule is CCCC(O)(CCC)[C@@H](C)NC(=O)C(=O)N[C@H](C)C(O)(CCC)CCC. The van der Waals surface area contributed by atoms with Crippen molar-refractivity contribution < 1.29 is 19.8 Å². The van der Waals surface area contributed by atoms with E-state index in [-0.39, 0.29) is 0 Å². The first-order valence-corrected chi connectivity index (χ1v) is 10.2. The zero-order valence-electron chi connectivity index (χ0n) is 17.5. The lowest BCUT2D eigenvalue weighted by atomic mass is 9.85. The predicted molar refractivity (Wildman–Crippen MR) is 105 cm³/mol. The molecule has 0 aliphatic heterocycles. The molecule has 0 saturated carbocycles. The zero-order valence-corrected chi connectivity index (χ0v) is 17.5. The van der Waals surface area contributed by atoms with Crippen molar-refractivity contribution in [2.75, 3.05) is 0 Å². The molecule has 0 aliphatic rings. The van der Waals surface area contributed by atoms with E-state index in [9.17, 15) is 19.8 Å². The van der Waals surface area contributed by atoms with Crippen molar-refractivity contribution in [2.45, 2.75) is 116 Å². The molecule has 0 heterocycles. The second kappa shape index (κ2) is 11.5. The molecule has 2 atom stereocenters. The van der Waals surface area contributed by atoms with Gasteiger partial charge in [0.25, 0.3) is 0 Å². The van der Waals surface area contributed by atoms with E-state index < -0.39 is 35.1 Å². The van der Waals surface area contributed by atoms with Crippen LogP contribution >= 0.6 is 0 Å². The van der Waals surface area contributed by atoms with Crippen molar-refractivity contribution in [3.63, 3.8) is 0 Å². The molecule has 0 aromatic carbocycles. The summed E-state index contributed by atoms with van der Waals surface area (Å²) in [6.45, 7) is 11.4. The molecule has 6 nitrogen and oxygen atoms in total. The highest BCUT2D eigenvalue weighted by atomic mass is 16.3. The minimum atomic E-state index is -1.02. The van der Waals surface area contributed by atoms with Gasteiger partial charge in [-0.2, -0.15) is 0 Å². The van der Waals surface area contributed by atoms with Gasteiger partial charge in [0.1, 0.15) is 0 Å². The van der Waals surface area contributed by atoms with Gasteiger partial charge in [-0.1, -0.05) is 53.4 Å². The number of aliphatic hydroxyl groups is 2. The Balaban J connectivity index is 4.92. The summed E-state index contributed by atoms with van der Waals surface area (Å²) in [5, 5.41) is 26.8. The monoisotopic (exact) mass is 372 g/mol. The Hall–Kier alpha value is -1.14. The number of hydrogen-bond acceptors (Lipinski definition) is 4. The Kier molecular flexibility index (Phi) is 11.0. The van der Waals surface area contributed by atoms with E-state index in [1.54, 1.807) is 13.8 Å². The lowest BCUT2D eigenvalue weighted by molar-refractivity contribution is -0.142. The second-order valence-electron chi connectivity index (χ2n) is 7.60. The summed E-state index contributed by atoms with van der Waals surface area (Å²) in [7, 11) is 0. The Labute approximate surface area is 159 Å². The molecule has 0 spiro atoms. The number of hydrogen-bond donors (Lipinski definition) is 4. The van der Waals surface area contributed by atoms with Gasteiger partial charge < -0.3 is 20.8 Å². The minimum Gasteiger partial charge on any atom is -0.388 e. The van der Waals surface area contributed by atoms with Crippen LogP contribution in [0.4, 0.5) is 0 Å². The van der Waals surface area contributed by atoms with E-state index >= 15 is 0 Å². The highest BCUT2D eigenvalue weighted by Gasteiger charge is 2.36. The van der Waals surface area contributed by atoms with Crippen LogP contribution in [0.15, 0.2) is 0 Å². The van der Waals surface area contributed by atoms with E-state index in [0.29, 0.717) is 25.7 Å². The van der Waals surface area contributed by atoms with Crippen LogP contribution in [0.5, 0.6) is 0 Å². The van der Waals surface area contributed by atoms with Gasteiger partial charge in [-0.25, -0.2) is 0 Å². The summed E-state index contributed by atoms with van der Waals surface area (Å²) in [5.41, 5.74) is -2.04. The molecule has 0 rings (SSSR count). The van der Waals surface area contributed by atoms with Gasteiger partial charge in [-0.15, -0.1) is 0 Å². The molecule has 0 unspecified atom stereocenters. The molecule has 0 saturated heterocycles. The van der Waals surface area contributed by atoms with Crippen LogP contribution in [0, 0.1) is 0 Å². The molecule has 0 radical (unpaired) electrons. The van der Waals surface area contributed by atoms with Crippen molar-refractivity contribution in [3.8, 4) is 0 Å². The summed E-state index contributed by atoms with van der Waals surface area (Å²) in [5.74, 6) is -1.55. The van der Waals surface area contributed by atoms with Gasteiger partial charge in [-0.3, -0.25) is 9.59 Å². The van der Waals surface area contributed by atoms with E-state index in [0.717, 1.165) is 25.7 Å². The van der Waals surface area contributed by atoms with Crippen LogP contribution in [-0.2, 0) is 9.59 Å². The average Bonchev–Trinajstić information content (AvgIpc) is 2.55. The van der Waals surface area contributed by atoms with Gasteiger partial charge in [0.2, 0.25) is 0 Å². The van der Waals surface area contributed by atoms with Crippen LogP contribution in [0.3, 0.4) is 0 Å². The van der Waals surface area contributed by atoms with Crippen LogP contribution in [0.2, 0.25) is 0 Å². The zero-order chi connectivity index (χ0) is 20.4. The topological polar surface area (TPSA) is 98.7 Å².